The van der Waals surface area contributed by atoms with E-state index in [4.69, 9.17) is 16.6 Å². The second-order valence-electron chi connectivity index (χ2n) is 8.28. The fraction of sp³-hybridized carbons (Fsp3) is 0.261. The zero-order valence-electron chi connectivity index (χ0n) is 18.3. The van der Waals surface area contributed by atoms with E-state index in [9.17, 15) is 9.18 Å². The van der Waals surface area contributed by atoms with Crippen LogP contribution in [0.5, 0.6) is 0 Å². The first-order chi connectivity index (χ1) is 15.9. The van der Waals surface area contributed by atoms with Gasteiger partial charge in [0.1, 0.15) is 10.8 Å². The van der Waals surface area contributed by atoms with Crippen LogP contribution in [0.2, 0.25) is 5.15 Å². The Kier molecular flexibility index (Phi) is 5.20. The first kappa shape index (κ1) is 21.3. The van der Waals surface area contributed by atoms with E-state index >= 15 is 0 Å². The maximum atomic E-state index is 14.5. The van der Waals surface area contributed by atoms with E-state index in [1.54, 1.807) is 25.4 Å². The molecule has 0 amide bonds. The van der Waals surface area contributed by atoms with Crippen LogP contribution in [0.1, 0.15) is 20.3 Å². The molecule has 0 N–H and O–H groups in total. The van der Waals surface area contributed by atoms with Gasteiger partial charge in [0.05, 0.1) is 28.4 Å². The van der Waals surface area contributed by atoms with Gasteiger partial charge in [-0.05, 0) is 36.6 Å². The van der Waals surface area contributed by atoms with E-state index in [0.717, 1.165) is 18.1 Å². The first-order valence-corrected chi connectivity index (χ1v) is 10.9. The van der Waals surface area contributed by atoms with Gasteiger partial charge in [0, 0.05) is 26.0 Å². The molecule has 0 radical (unpaired) electrons. The number of fused-ring (bicyclic) bond motifs is 2. The van der Waals surface area contributed by atoms with Crippen molar-refractivity contribution in [3.8, 4) is 17.2 Å². The molecule has 0 bridgehead atoms. The largest absolute Gasteiger partial charge is 0.333 e. The molecular formula is C23H21ClFN7O. The minimum atomic E-state index is -0.589. The molecule has 0 aliphatic rings. The third-order valence-corrected chi connectivity index (χ3v) is 5.88. The summed E-state index contributed by atoms with van der Waals surface area (Å²) in [5, 5.41) is 0.348. The van der Waals surface area contributed by atoms with Crippen molar-refractivity contribution in [3.63, 3.8) is 0 Å². The molecule has 0 spiro atoms. The molecule has 0 saturated heterocycles. The fourth-order valence-corrected chi connectivity index (χ4v) is 4.17. The normalized spacial score (nSPS) is 11.8. The second kappa shape index (κ2) is 8.08. The average Bonchev–Trinajstić information content (AvgIpc) is 3.27. The van der Waals surface area contributed by atoms with Crippen LogP contribution < -0.4 is 5.69 Å². The van der Waals surface area contributed by atoms with Crippen molar-refractivity contribution in [2.45, 2.75) is 26.8 Å². The van der Waals surface area contributed by atoms with Gasteiger partial charge in [-0.25, -0.2) is 19.2 Å². The lowest BCUT2D eigenvalue weighted by molar-refractivity contribution is 0.525. The quantitative estimate of drug-likeness (QED) is 0.360. The Bertz CT molecular complexity index is 1570. The predicted molar refractivity (Wildman–Crippen MR) is 125 cm³/mol. The van der Waals surface area contributed by atoms with Gasteiger partial charge < -0.3 is 4.57 Å². The van der Waals surface area contributed by atoms with Crippen LogP contribution in [0.25, 0.3) is 39.4 Å². The van der Waals surface area contributed by atoms with E-state index in [1.807, 2.05) is 6.07 Å². The lowest BCUT2D eigenvalue weighted by Gasteiger charge is -2.11. The number of halogens is 2. The first-order valence-electron chi connectivity index (χ1n) is 10.6. The molecule has 0 saturated carbocycles. The summed E-state index contributed by atoms with van der Waals surface area (Å²) in [6.45, 7) is 5.00. The molecule has 5 heterocycles. The van der Waals surface area contributed by atoms with E-state index in [0.29, 0.717) is 45.8 Å². The van der Waals surface area contributed by atoms with Crippen molar-refractivity contribution in [2.75, 3.05) is 0 Å². The maximum Gasteiger partial charge on any atom is 0.333 e. The van der Waals surface area contributed by atoms with Crippen LogP contribution in [0.3, 0.4) is 0 Å². The van der Waals surface area contributed by atoms with Crippen LogP contribution >= 0.6 is 11.6 Å². The molecule has 5 aromatic heterocycles. The van der Waals surface area contributed by atoms with Gasteiger partial charge in [-0.15, -0.1) is 0 Å². The minimum absolute atomic E-state index is 0.125. The summed E-state index contributed by atoms with van der Waals surface area (Å²) in [6, 6.07) is 6.78. The summed E-state index contributed by atoms with van der Waals surface area (Å²) < 4.78 is 19.4. The summed E-state index contributed by atoms with van der Waals surface area (Å²) in [5.74, 6) is 0.460. The summed E-state index contributed by atoms with van der Waals surface area (Å²) in [4.78, 5) is 30.7. The van der Waals surface area contributed by atoms with Crippen molar-refractivity contribution in [1.82, 2.24) is 33.6 Å². The standard InChI is InChI=1S/C23H21ClFN7O/c1-13(2)8-11-31-17-4-5-18(24)28-21(17)29-22(31)19-20-16(7-10-27-19)32(23(33)30(20)3)15-6-9-26-12-14(15)25/h4-7,9-10,12-13H,8,11H2,1-3H3. The molecule has 0 aliphatic carbocycles. The molecule has 0 atom stereocenters. The minimum Gasteiger partial charge on any atom is -0.321 e. The number of aryl methyl sites for hydroxylation is 2. The Labute approximate surface area is 193 Å². The molecule has 33 heavy (non-hydrogen) atoms. The van der Waals surface area contributed by atoms with Gasteiger partial charge in [-0.3, -0.25) is 19.1 Å². The van der Waals surface area contributed by atoms with Crippen molar-refractivity contribution < 1.29 is 4.39 Å². The highest BCUT2D eigenvalue weighted by atomic mass is 35.5. The summed E-state index contributed by atoms with van der Waals surface area (Å²) in [6.07, 6.45) is 5.05. The summed E-state index contributed by atoms with van der Waals surface area (Å²) >= 11 is 6.12. The highest BCUT2D eigenvalue weighted by Crippen LogP contribution is 2.30. The number of imidazole rings is 2. The fourth-order valence-electron chi connectivity index (χ4n) is 4.03. The highest BCUT2D eigenvalue weighted by molar-refractivity contribution is 6.29. The van der Waals surface area contributed by atoms with Crippen LogP contribution in [-0.2, 0) is 13.6 Å². The molecule has 5 aromatic rings. The highest BCUT2D eigenvalue weighted by Gasteiger charge is 2.23. The molecule has 8 nitrogen and oxygen atoms in total. The summed E-state index contributed by atoms with van der Waals surface area (Å²) in [5.41, 5.74) is 2.65. The van der Waals surface area contributed by atoms with Gasteiger partial charge in [-0.2, -0.15) is 0 Å². The van der Waals surface area contributed by atoms with Crippen LogP contribution in [0, 0.1) is 11.7 Å². The molecular weight excluding hydrogens is 445 g/mol. The van der Waals surface area contributed by atoms with Crippen LogP contribution in [0.4, 0.5) is 4.39 Å². The van der Waals surface area contributed by atoms with Crippen LogP contribution in [-0.4, -0.2) is 33.6 Å². The van der Waals surface area contributed by atoms with Crippen molar-refractivity contribution in [3.05, 3.63) is 64.3 Å². The number of aromatic nitrogens is 7. The Hall–Kier alpha value is -3.59. The predicted octanol–water partition coefficient (Wildman–Crippen LogP) is 4.37. The molecule has 5 rings (SSSR count). The SMILES string of the molecule is CC(C)CCn1c(-c2nccc3c2n(C)c(=O)n3-c2ccncc2F)nc2nc(Cl)ccc21. The van der Waals surface area contributed by atoms with Gasteiger partial charge in [0.2, 0.25) is 0 Å². The van der Waals surface area contributed by atoms with E-state index in [1.165, 1.54) is 21.4 Å². The smallest absolute Gasteiger partial charge is 0.321 e. The van der Waals surface area contributed by atoms with E-state index in [-0.39, 0.29) is 5.69 Å². The lowest BCUT2D eigenvalue weighted by atomic mass is 10.1. The molecule has 10 heteroatoms. The van der Waals surface area contributed by atoms with Gasteiger partial charge in [0.15, 0.2) is 17.3 Å². The number of hydrogen-bond donors (Lipinski definition) is 0. The Morgan fingerprint density at radius 1 is 1.09 bits per heavy atom. The Morgan fingerprint density at radius 2 is 1.91 bits per heavy atom. The number of pyridine rings is 3. The zero-order valence-corrected chi connectivity index (χ0v) is 19.1. The molecule has 0 aromatic carbocycles. The monoisotopic (exact) mass is 465 g/mol. The maximum absolute atomic E-state index is 14.5. The topological polar surface area (TPSA) is 83.4 Å². The van der Waals surface area contributed by atoms with Crippen molar-refractivity contribution >= 4 is 33.8 Å². The van der Waals surface area contributed by atoms with Gasteiger partial charge in [0.25, 0.3) is 0 Å². The van der Waals surface area contributed by atoms with Gasteiger partial charge >= 0.3 is 5.69 Å². The molecule has 0 unspecified atom stereocenters. The second-order valence-corrected chi connectivity index (χ2v) is 8.66. The summed E-state index contributed by atoms with van der Waals surface area (Å²) in [7, 11) is 1.64. The van der Waals surface area contributed by atoms with Gasteiger partial charge in [-0.1, -0.05) is 25.4 Å². The van der Waals surface area contributed by atoms with Crippen LogP contribution in [0.15, 0.2) is 47.7 Å². The Morgan fingerprint density at radius 3 is 2.67 bits per heavy atom. The zero-order chi connectivity index (χ0) is 23.3. The number of rotatable bonds is 5. The van der Waals surface area contributed by atoms with Crippen molar-refractivity contribution in [1.29, 1.82) is 0 Å². The van der Waals surface area contributed by atoms with Crippen molar-refractivity contribution in [2.24, 2.45) is 13.0 Å². The lowest BCUT2D eigenvalue weighted by Crippen LogP contribution is -2.21. The average molecular weight is 466 g/mol. The number of nitrogens with zero attached hydrogens (tertiary/aromatic N) is 7. The molecule has 0 fully saturated rings. The third-order valence-electron chi connectivity index (χ3n) is 5.67. The number of hydrogen-bond acceptors (Lipinski definition) is 5. The van der Waals surface area contributed by atoms with E-state index < -0.39 is 11.5 Å². The molecule has 0 aliphatic heterocycles. The van der Waals surface area contributed by atoms with E-state index in [2.05, 4.69) is 33.4 Å². The third kappa shape index (κ3) is 3.48. The Balaban J connectivity index is 1.82. The molecule has 168 valence electrons.